The van der Waals surface area contributed by atoms with Gasteiger partial charge in [0.15, 0.2) is 0 Å². The van der Waals surface area contributed by atoms with Gasteiger partial charge < -0.3 is 15.0 Å². The summed E-state index contributed by atoms with van der Waals surface area (Å²) in [5.74, 6) is 1.84. The van der Waals surface area contributed by atoms with Crippen molar-refractivity contribution in [1.82, 2.24) is 15.3 Å². The van der Waals surface area contributed by atoms with E-state index in [9.17, 15) is 0 Å². The first kappa shape index (κ1) is 13.9. The minimum atomic E-state index is 0.753. The Hall–Kier alpha value is -2.11. The third-order valence-electron chi connectivity index (χ3n) is 3.22. The summed E-state index contributed by atoms with van der Waals surface area (Å²) in [6.07, 6.45) is 3.61. The van der Waals surface area contributed by atoms with Crippen LogP contribution in [0, 0.1) is 0 Å². The van der Waals surface area contributed by atoms with Gasteiger partial charge in [0.05, 0.1) is 13.7 Å². The van der Waals surface area contributed by atoms with Crippen LogP contribution in [0.1, 0.15) is 10.7 Å². The molecule has 3 rings (SSSR count). The number of ether oxygens (including phenoxy) is 1. The van der Waals surface area contributed by atoms with E-state index in [1.807, 2.05) is 18.3 Å². The molecule has 0 amide bonds. The highest BCUT2D eigenvalue weighted by Gasteiger charge is 2.03. The molecule has 2 aromatic heterocycles. The van der Waals surface area contributed by atoms with Gasteiger partial charge in [0, 0.05) is 23.8 Å². The zero-order valence-corrected chi connectivity index (χ0v) is 12.6. The summed E-state index contributed by atoms with van der Waals surface area (Å²) in [5, 5.41) is 5.57. The predicted molar refractivity (Wildman–Crippen MR) is 85.4 cm³/mol. The molecule has 0 saturated heterocycles. The van der Waals surface area contributed by atoms with E-state index in [4.69, 9.17) is 4.74 Å². The normalized spacial score (nSPS) is 10.7. The van der Waals surface area contributed by atoms with E-state index in [1.54, 1.807) is 24.6 Å². The SMILES string of the molecule is COc1ccc(-c2csc(CNCc3ncc[nH]3)c2)cc1. The van der Waals surface area contributed by atoms with Crippen molar-refractivity contribution in [3.05, 3.63) is 58.8 Å². The molecule has 0 bridgehead atoms. The third-order valence-corrected chi connectivity index (χ3v) is 4.16. The lowest BCUT2D eigenvalue weighted by atomic mass is 10.1. The quantitative estimate of drug-likeness (QED) is 0.733. The fourth-order valence-electron chi connectivity index (χ4n) is 2.11. The number of aromatic amines is 1. The molecule has 0 atom stereocenters. The summed E-state index contributed by atoms with van der Waals surface area (Å²) in [5.41, 5.74) is 2.46. The molecule has 0 fully saturated rings. The van der Waals surface area contributed by atoms with Crippen LogP contribution in [-0.4, -0.2) is 17.1 Å². The van der Waals surface area contributed by atoms with E-state index in [-0.39, 0.29) is 0 Å². The van der Waals surface area contributed by atoms with Gasteiger partial charge in [-0.05, 0) is 34.7 Å². The number of nitrogens with zero attached hydrogens (tertiary/aromatic N) is 1. The Morgan fingerprint density at radius 2 is 2.05 bits per heavy atom. The second-order valence-corrected chi connectivity index (χ2v) is 5.67. The fraction of sp³-hybridized carbons (Fsp3) is 0.188. The van der Waals surface area contributed by atoms with Crippen molar-refractivity contribution in [1.29, 1.82) is 0 Å². The van der Waals surface area contributed by atoms with Gasteiger partial charge in [-0.2, -0.15) is 0 Å². The number of hydrogen-bond acceptors (Lipinski definition) is 4. The zero-order chi connectivity index (χ0) is 14.5. The molecule has 108 valence electrons. The number of methoxy groups -OCH3 is 1. The maximum Gasteiger partial charge on any atom is 0.120 e. The number of hydrogen-bond donors (Lipinski definition) is 2. The molecule has 21 heavy (non-hydrogen) atoms. The van der Waals surface area contributed by atoms with E-state index in [0.29, 0.717) is 0 Å². The molecule has 4 nitrogen and oxygen atoms in total. The standard InChI is InChI=1S/C16H17N3OS/c1-20-14-4-2-12(3-5-14)13-8-15(21-11-13)9-17-10-16-18-6-7-19-16/h2-8,11,17H,9-10H2,1H3,(H,18,19). The Bertz CT molecular complexity index is 674. The van der Waals surface area contributed by atoms with Gasteiger partial charge in [-0.25, -0.2) is 4.98 Å². The number of H-pyrrole nitrogens is 1. The number of rotatable bonds is 6. The lowest BCUT2D eigenvalue weighted by molar-refractivity contribution is 0.415. The molecule has 2 heterocycles. The average molecular weight is 299 g/mol. The molecular weight excluding hydrogens is 282 g/mol. The van der Waals surface area contributed by atoms with E-state index in [2.05, 4.69) is 38.9 Å². The molecule has 0 radical (unpaired) electrons. The summed E-state index contributed by atoms with van der Waals surface area (Å²) in [7, 11) is 1.68. The first-order chi connectivity index (χ1) is 10.3. The minimum absolute atomic E-state index is 0.753. The zero-order valence-electron chi connectivity index (χ0n) is 11.8. The monoisotopic (exact) mass is 299 g/mol. The summed E-state index contributed by atoms with van der Waals surface area (Å²) < 4.78 is 5.18. The Balaban J connectivity index is 1.60. The number of thiophene rings is 1. The highest BCUT2D eigenvalue weighted by molar-refractivity contribution is 7.10. The van der Waals surface area contributed by atoms with Crippen molar-refractivity contribution in [2.24, 2.45) is 0 Å². The van der Waals surface area contributed by atoms with Gasteiger partial charge in [-0.15, -0.1) is 11.3 Å². The Morgan fingerprint density at radius 3 is 2.76 bits per heavy atom. The van der Waals surface area contributed by atoms with Crippen LogP contribution in [0.25, 0.3) is 11.1 Å². The van der Waals surface area contributed by atoms with Crippen molar-refractivity contribution >= 4 is 11.3 Å². The maximum absolute atomic E-state index is 5.18. The van der Waals surface area contributed by atoms with Crippen LogP contribution < -0.4 is 10.1 Å². The Morgan fingerprint density at radius 1 is 1.19 bits per heavy atom. The lowest BCUT2D eigenvalue weighted by Crippen LogP contribution is -2.12. The second kappa shape index (κ2) is 6.56. The molecule has 0 unspecified atom stereocenters. The van der Waals surface area contributed by atoms with Crippen molar-refractivity contribution in [3.8, 4) is 16.9 Å². The average Bonchev–Trinajstić information content (AvgIpc) is 3.19. The van der Waals surface area contributed by atoms with Crippen molar-refractivity contribution in [2.45, 2.75) is 13.1 Å². The molecule has 2 N–H and O–H groups in total. The molecule has 0 spiro atoms. The van der Waals surface area contributed by atoms with Crippen molar-refractivity contribution in [3.63, 3.8) is 0 Å². The third kappa shape index (κ3) is 3.51. The highest BCUT2D eigenvalue weighted by atomic mass is 32.1. The number of aromatic nitrogens is 2. The first-order valence-electron chi connectivity index (χ1n) is 6.76. The van der Waals surface area contributed by atoms with Crippen LogP contribution >= 0.6 is 11.3 Å². The predicted octanol–water partition coefficient (Wildman–Crippen LogP) is 3.44. The van der Waals surface area contributed by atoms with Gasteiger partial charge in [0.1, 0.15) is 11.6 Å². The molecule has 0 aliphatic rings. The summed E-state index contributed by atoms with van der Waals surface area (Å²) >= 11 is 1.77. The van der Waals surface area contributed by atoms with Crippen molar-refractivity contribution in [2.75, 3.05) is 7.11 Å². The molecule has 3 aromatic rings. The topological polar surface area (TPSA) is 49.9 Å². The number of benzene rings is 1. The van der Waals surface area contributed by atoms with Crippen LogP contribution in [0.3, 0.4) is 0 Å². The van der Waals surface area contributed by atoms with E-state index in [0.717, 1.165) is 24.7 Å². The molecule has 5 heteroatoms. The summed E-state index contributed by atoms with van der Waals surface area (Å²) in [6, 6.07) is 10.4. The van der Waals surface area contributed by atoms with Gasteiger partial charge in [0.2, 0.25) is 0 Å². The fourth-order valence-corrected chi connectivity index (χ4v) is 2.97. The largest absolute Gasteiger partial charge is 0.497 e. The molecule has 0 aliphatic heterocycles. The lowest BCUT2D eigenvalue weighted by Gasteiger charge is -2.01. The molecule has 1 aromatic carbocycles. The smallest absolute Gasteiger partial charge is 0.120 e. The highest BCUT2D eigenvalue weighted by Crippen LogP contribution is 2.27. The minimum Gasteiger partial charge on any atom is -0.497 e. The van der Waals surface area contributed by atoms with Gasteiger partial charge >= 0.3 is 0 Å². The van der Waals surface area contributed by atoms with Crippen LogP contribution in [0.5, 0.6) is 5.75 Å². The van der Waals surface area contributed by atoms with Gasteiger partial charge in [-0.1, -0.05) is 12.1 Å². The summed E-state index contributed by atoms with van der Waals surface area (Å²) in [4.78, 5) is 8.59. The number of imidazole rings is 1. The maximum atomic E-state index is 5.18. The van der Waals surface area contributed by atoms with Crippen LogP contribution in [0.15, 0.2) is 48.1 Å². The van der Waals surface area contributed by atoms with Crippen LogP contribution in [0.4, 0.5) is 0 Å². The van der Waals surface area contributed by atoms with Gasteiger partial charge in [-0.3, -0.25) is 0 Å². The number of nitrogens with one attached hydrogen (secondary N) is 2. The van der Waals surface area contributed by atoms with E-state index >= 15 is 0 Å². The van der Waals surface area contributed by atoms with Crippen LogP contribution in [-0.2, 0) is 13.1 Å². The van der Waals surface area contributed by atoms with Crippen LogP contribution in [0.2, 0.25) is 0 Å². The Kier molecular flexibility index (Phi) is 4.33. The Labute approximate surface area is 127 Å². The van der Waals surface area contributed by atoms with E-state index in [1.165, 1.54) is 16.0 Å². The van der Waals surface area contributed by atoms with E-state index < -0.39 is 0 Å². The summed E-state index contributed by atoms with van der Waals surface area (Å²) in [6.45, 7) is 1.60. The van der Waals surface area contributed by atoms with Crippen molar-refractivity contribution < 1.29 is 4.74 Å². The van der Waals surface area contributed by atoms with Gasteiger partial charge in [0.25, 0.3) is 0 Å². The first-order valence-corrected chi connectivity index (χ1v) is 7.64. The molecule has 0 aliphatic carbocycles. The molecule has 0 saturated carbocycles. The second-order valence-electron chi connectivity index (χ2n) is 4.67. The molecular formula is C16H17N3OS.